The summed E-state index contributed by atoms with van der Waals surface area (Å²) in [6.07, 6.45) is 0.271. The number of phenolic OH excluding ortho intramolecular Hbond substituents is 1. The van der Waals surface area contributed by atoms with Crippen LogP contribution in [0.25, 0.3) is 11.1 Å². The molecular weight excluding hydrogens is 366 g/mol. The van der Waals surface area contributed by atoms with E-state index in [1.165, 1.54) is 0 Å². The zero-order chi connectivity index (χ0) is 20.6. The van der Waals surface area contributed by atoms with Crippen LogP contribution in [0.5, 0.6) is 5.75 Å². The highest BCUT2D eigenvalue weighted by atomic mass is 16.5. The lowest BCUT2D eigenvalue weighted by Crippen LogP contribution is -2.43. The van der Waals surface area contributed by atoms with Crippen LogP contribution < -0.4 is 5.32 Å². The standard InChI is InChI=1S/C24H23NO4/c1-2-29-24(28)22(16-17-8-14-21(26)15-9-17)25-23(27)20-12-10-19(11-13-20)18-6-4-3-5-7-18/h3-15,22,26H,2,16H2,1H3,(H,25,27). The molecular formula is C24H23NO4. The number of ether oxygens (including phenoxy) is 1. The maximum atomic E-state index is 12.7. The van der Waals surface area contributed by atoms with Crippen LogP contribution in [0.3, 0.4) is 0 Å². The summed E-state index contributed by atoms with van der Waals surface area (Å²) in [5.74, 6) is -0.694. The van der Waals surface area contributed by atoms with E-state index in [0.717, 1.165) is 16.7 Å². The fourth-order valence-electron chi connectivity index (χ4n) is 2.99. The molecule has 0 aliphatic rings. The number of rotatable bonds is 7. The summed E-state index contributed by atoms with van der Waals surface area (Å²) < 4.78 is 5.11. The number of phenols is 1. The molecule has 0 bridgehead atoms. The molecule has 0 radical (unpaired) electrons. The molecule has 0 aromatic heterocycles. The predicted molar refractivity (Wildman–Crippen MR) is 112 cm³/mol. The minimum absolute atomic E-state index is 0.143. The number of carbonyl (C=O) groups is 2. The van der Waals surface area contributed by atoms with Gasteiger partial charge in [0.2, 0.25) is 0 Å². The van der Waals surface area contributed by atoms with Crippen LogP contribution in [0, 0.1) is 0 Å². The molecule has 0 aliphatic carbocycles. The van der Waals surface area contributed by atoms with E-state index in [1.54, 1.807) is 43.3 Å². The number of aromatic hydroxyl groups is 1. The van der Waals surface area contributed by atoms with Crippen molar-refractivity contribution in [1.29, 1.82) is 0 Å². The zero-order valence-corrected chi connectivity index (χ0v) is 16.2. The van der Waals surface area contributed by atoms with Crippen molar-refractivity contribution in [3.8, 4) is 16.9 Å². The van der Waals surface area contributed by atoms with E-state index in [9.17, 15) is 14.7 Å². The average Bonchev–Trinajstić information content (AvgIpc) is 2.75. The normalized spacial score (nSPS) is 11.5. The van der Waals surface area contributed by atoms with E-state index in [2.05, 4.69) is 5.32 Å². The summed E-state index contributed by atoms with van der Waals surface area (Å²) in [7, 11) is 0. The van der Waals surface area contributed by atoms with Crippen molar-refractivity contribution < 1.29 is 19.4 Å². The van der Waals surface area contributed by atoms with Crippen molar-refractivity contribution in [2.45, 2.75) is 19.4 Å². The Morgan fingerprint density at radius 1 is 0.897 bits per heavy atom. The smallest absolute Gasteiger partial charge is 0.328 e. The van der Waals surface area contributed by atoms with Crippen LogP contribution in [0.1, 0.15) is 22.8 Å². The largest absolute Gasteiger partial charge is 0.508 e. The van der Waals surface area contributed by atoms with E-state index in [4.69, 9.17) is 4.74 Å². The molecule has 0 fully saturated rings. The monoisotopic (exact) mass is 389 g/mol. The van der Waals surface area contributed by atoms with Gasteiger partial charge in [-0.1, -0.05) is 54.6 Å². The average molecular weight is 389 g/mol. The zero-order valence-electron chi connectivity index (χ0n) is 16.2. The quantitative estimate of drug-likeness (QED) is 0.600. The number of nitrogens with one attached hydrogen (secondary N) is 1. The van der Waals surface area contributed by atoms with Crippen LogP contribution in [-0.2, 0) is 16.0 Å². The molecule has 0 saturated heterocycles. The van der Waals surface area contributed by atoms with Crippen LogP contribution in [0.4, 0.5) is 0 Å². The molecule has 29 heavy (non-hydrogen) atoms. The highest BCUT2D eigenvalue weighted by molar-refractivity contribution is 5.97. The Hall–Kier alpha value is -3.60. The van der Waals surface area contributed by atoms with E-state index in [0.29, 0.717) is 5.56 Å². The molecule has 0 spiro atoms. The van der Waals surface area contributed by atoms with Crippen molar-refractivity contribution in [2.24, 2.45) is 0 Å². The van der Waals surface area contributed by atoms with Gasteiger partial charge in [-0.25, -0.2) is 4.79 Å². The highest BCUT2D eigenvalue weighted by Crippen LogP contribution is 2.19. The van der Waals surface area contributed by atoms with Gasteiger partial charge in [-0.3, -0.25) is 4.79 Å². The predicted octanol–water partition coefficient (Wildman–Crippen LogP) is 3.96. The van der Waals surface area contributed by atoms with E-state index in [1.807, 2.05) is 42.5 Å². The fraction of sp³-hybridized carbons (Fsp3) is 0.167. The van der Waals surface area contributed by atoms with E-state index < -0.39 is 12.0 Å². The van der Waals surface area contributed by atoms with Crippen molar-refractivity contribution in [1.82, 2.24) is 5.32 Å². The second-order valence-corrected chi connectivity index (χ2v) is 6.59. The Morgan fingerprint density at radius 3 is 2.14 bits per heavy atom. The Kier molecular flexibility index (Phi) is 6.63. The molecule has 5 heteroatoms. The van der Waals surface area contributed by atoms with Gasteiger partial charge in [0, 0.05) is 12.0 Å². The first-order valence-corrected chi connectivity index (χ1v) is 9.47. The first kappa shape index (κ1) is 20.1. The van der Waals surface area contributed by atoms with Crippen LogP contribution in [0.15, 0.2) is 78.9 Å². The molecule has 148 valence electrons. The second-order valence-electron chi connectivity index (χ2n) is 6.59. The summed E-state index contributed by atoms with van der Waals surface area (Å²) in [4.78, 5) is 25.0. The number of hydrogen-bond donors (Lipinski definition) is 2. The van der Waals surface area contributed by atoms with Gasteiger partial charge < -0.3 is 15.2 Å². The van der Waals surface area contributed by atoms with Crippen molar-refractivity contribution in [3.05, 3.63) is 90.0 Å². The van der Waals surface area contributed by atoms with Crippen LogP contribution >= 0.6 is 0 Å². The third kappa shape index (κ3) is 5.45. The molecule has 0 heterocycles. The molecule has 0 aliphatic heterocycles. The lowest BCUT2D eigenvalue weighted by Gasteiger charge is -2.17. The maximum Gasteiger partial charge on any atom is 0.328 e. The minimum Gasteiger partial charge on any atom is -0.508 e. The van der Waals surface area contributed by atoms with Crippen LogP contribution in [-0.4, -0.2) is 29.6 Å². The topological polar surface area (TPSA) is 75.6 Å². The number of benzene rings is 3. The van der Waals surface area contributed by atoms with Crippen LogP contribution in [0.2, 0.25) is 0 Å². The summed E-state index contributed by atoms with van der Waals surface area (Å²) in [5, 5.41) is 12.2. The SMILES string of the molecule is CCOC(=O)C(Cc1ccc(O)cc1)NC(=O)c1ccc(-c2ccccc2)cc1. The van der Waals surface area contributed by atoms with Crippen molar-refractivity contribution >= 4 is 11.9 Å². The Labute approximate surface area is 170 Å². The summed E-state index contributed by atoms with van der Waals surface area (Å²) >= 11 is 0. The molecule has 3 rings (SSSR count). The number of esters is 1. The third-order valence-electron chi connectivity index (χ3n) is 4.51. The number of hydrogen-bond acceptors (Lipinski definition) is 4. The fourth-order valence-corrected chi connectivity index (χ4v) is 2.99. The molecule has 2 N–H and O–H groups in total. The summed E-state index contributed by atoms with van der Waals surface area (Å²) in [5.41, 5.74) is 3.34. The van der Waals surface area contributed by atoms with Gasteiger partial charge in [-0.15, -0.1) is 0 Å². The Balaban J connectivity index is 1.73. The molecule has 1 amide bonds. The van der Waals surface area contributed by atoms with E-state index >= 15 is 0 Å². The van der Waals surface area contributed by atoms with E-state index in [-0.39, 0.29) is 24.7 Å². The third-order valence-corrected chi connectivity index (χ3v) is 4.51. The molecule has 1 unspecified atom stereocenters. The lowest BCUT2D eigenvalue weighted by atomic mass is 10.0. The molecule has 5 nitrogen and oxygen atoms in total. The number of carbonyl (C=O) groups excluding carboxylic acids is 2. The maximum absolute atomic E-state index is 12.7. The molecule has 3 aromatic rings. The Morgan fingerprint density at radius 2 is 1.52 bits per heavy atom. The first-order chi connectivity index (χ1) is 14.1. The minimum atomic E-state index is -0.819. The lowest BCUT2D eigenvalue weighted by molar-refractivity contribution is -0.145. The molecule has 3 aromatic carbocycles. The van der Waals surface area contributed by atoms with Gasteiger partial charge in [-0.2, -0.15) is 0 Å². The summed E-state index contributed by atoms with van der Waals surface area (Å²) in [6.45, 7) is 1.95. The summed E-state index contributed by atoms with van der Waals surface area (Å²) in [6, 6.07) is 22.8. The van der Waals surface area contributed by atoms with Gasteiger partial charge in [0.1, 0.15) is 11.8 Å². The van der Waals surface area contributed by atoms with Gasteiger partial charge in [0.15, 0.2) is 0 Å². The highest BCUT2D eigenvalue weighted by Gasteiger charge is 2.23. The second kappa shape index (κ2) is 9.55. The molecule has 0 saturated carbocycles. The van der Waals surface area contributed by atoms with Gasteiger partial charge in [-0.05, 0) is 47.9 Å². The van der Waals surface area contributed by atoms with Gasteiger partial charge >= 0.3 is 5.97 Å². The van der Waals surface area contributed by atoms with Crippen molar-refractivity contribution in [3.63, 3.8) is 0 Å². The molecule has 1 atom stereocenters. The van der Waals surface area contributed by atoms with Gasteiger partial charge in [0.05, 0.1) is 6.61 Å². The first-order valence-electron chi connectivity index (χ1n) is 9.47. The number of amides is 1. The van der Waals surface area contributed by atoms with Crippen molar-refractivity contribution in [2.75, 3.05) is 6.61 Å². The Bertz CT molecular complexity index is 950. The van der Waals surface area contributed by atoms with Gasteiger partial charge in [0.25, 0.3) is 5.91 Å².